The number of rotatable bonds is 4. The lowest BCUT2D eigenvalue weighted by Gasteiger charge is -2.14. The van der Waals surface area contributed by atoms with Crippen molar-refractivity contribution >= 4 is 17.7 Å². The molecule has 1 saturated heterocycles. The summed E-state index contributed by atoms with van der Waals surface area (Å²) in [5.41, 5.74) is 0. The predicted octanol–water partition coefficient (Wildman–Crippen LogP) is 1.52. The van der Waals surface area contributed by atoms with E-state index in [2.05, 4.69) is 23.9 Å². The van der Waals surface area contributed by atoms with Crippen LogP contribution in [0.2, 0.25) is 0 Å². The van der Waals surface area contributed by atoms with Crippen molar-refractivity contribution in [2.45, 2.75) is 44.1 Å². The Morgan fingerprint density at radius 2 is 2.11 bits per heavy atom. The fourth-order valence-corrected chi connectivity index (χ4v) is 3.13. The summed E-state index contributed by atoms with van der Waals surface area (Å²) in [6.45, 7) is 6.23. The number of hydrogen-bond donors (Lipinski definition) is 1. The van der Waals surface area contributed by atoms with Gasteiger partial charge in [0.1, 0.15) is 0 Å². The number of ether oxygens (including phenoxy) is 1. The number of aliphatic carboxylic acids is 1. The minimum absolute atomic E-state index is 0.00531. The molecular weight excluding hydrogens is 266 g/mol. The van der Waals surface area contributed by atoms with Gasteiger partial charge in [-0.3, -0.25) is 4.79 Å². The molecule has 1 fully saturated rings. The van der Waals surface area contributed by atoms with Gasteiger partial charge >= 0.3 is 5.97 Å². The molecule has 4 atom stereocenters. The van der Waals surface area contributed by atoms with Crippen molar-refractivity contribution in [3.05, 3.63) is 5.82 Å². The Morgan fingerprint density at radius 3 is 2.63 bits per heavy atom. The SMILES string of the molecule is CC1OC(C)C(c2nc(SCC(=O)O)n(C)n2)C1C. The van der Waals surface area contributed by atoms with Gasteiger partial charge in [-0.05, 0) is 19.8 Å². The lowest BCUT2D eigenvalue weighted by Crippen LogP contribution is -2.16. The molecule has 106 valence electrons. The van der Waals surface area contributed by atoms with Crippen molar-refractivity contribution in [3.63, 3.8) is 0 Å². The molecular formula is C12H19N3O3S. The van der Waals surface area contributed by atoms with Gasteiger partial charge in [-0.25, -0.2) is 9.67 Å². The van der Waals surface area contributed by atoms with Crippen LogP contribution in [0.5, 0.6) is 0 Å². The van der Waals surface area contributed by atoms with Crippen molar-refractivity contribution in [2.24, 2.45) is 13.0 Å². The Balaban J connectivity index is 2.17. The van der Waals surface area contributed by atoms with E-state index < -0.39 is 5.97 Å². The lowest BCUT2D eigenvalue weighted by molar-refractivity contribution is -0.133. The molecule has 1 aromatic heterocycles. The Bertz CT molecular complexity index is 477. The summed E-state index contributed by atoms with van der Waals surface area (Å²) in [5.74, 6) is 0.415. The van der Waals surface area contributed by atoms with Crippen LogP contribution in [-0.2, 0) is 16.6 Å². The standard InChI is InChI=1S/C12H19N3O3S/c1-6-7(2)18-8(3)10(6)11-13-12(15(4)14-11)19-5-9(16)17/h6-8,10H,5H2,1-4H3,(H,16,17). The average Bonchev–Trinajstić information content (AvgIpc) is 2.78. The number of carboxylic acid groups (broad SMARTS) is 1. The highest BCUT2D eigenvalue weighted by Gasteiger charge is 2.40. The predicted molar refractivity (Wildman–Crippen MR) is 71.3 cm³/mol. The molecule has 0 bridgehead atoms. The van der Waals surface area contributed by atoms with Crippen LogP contribution in [0.3, 0.4) is 0 Å². The molecule has 19 heavy (non-hydrogen) atoms. The molecule has 2 rings (SSSR count). The van der Waals surface area contributed by atoms with E-state index in [1.165, 1.54) is 11.8 Å². The summed E-state index contributed by atoms with van der Waals surface area (Å²) in [5, 5.41) is 13.8. The smallest absolute Gasteiger partial charge is 0.313 e. The van der Waals surface area contributed by atoms with Crippen molar-refractivity contribution in [2.75, 3.05) is 5.75 Å². The molecule has 0 aliphatic carbocycles. The van der Waals surface area contributed by atoms with Crippen molar-refractivity contribution in [3.8, 4) is 0 Å². The molecule has 7 heteroatoms. The average molecular weight is 285 g/mol. The molecule has 1 aliphatic rings. The van der Waals surface area contributed by atoms with E-state index in [0.717, 1.165) is 5.82 Å². The van der Waals surface area contributed by atoms with E-state index in [-0.39, 0.29) is 23.9 Å². The second kappa shape index (κ2) is 5.50. The molecule has 0 amide bonds. The van der Waals surface area contributed by atoms with Crippen molar-refractivity contribution in [1.29, 1.82) is 0 Å². The molecule has 0 radical (unpaired) electrons. The number of carbonyl (C=O) groups is 1. The molecule has 1 N–H and O–H groups in total. The second-order valence-corrected chi connectivity index (χ2v) is 5.93. The summed E-state index contributed by atoms with van der Waals surface area (Å²) in [6, 6.07) is 0. The van der Waals surface area contributed by atoms with E-state index >= 15 is 0 Å². The zero-order valence-corrected chi connectivity index (χ0v) is 12.3. The minimum Gasteiger partial charge on any atom is -0.481 e. The summed E-state index contributed by atoms with van der Waals surface area (Å²) < 4.78 is 7.44. The van der Waals surface area contributed by atoms with Crippen LogP contribution >= 0.6 is 11.8 Å². The summed E-state index contributed by atoms with van der Waals surface area (Å²) in [4.78, 5) is 15.1. The third kappa shape index (κ3) is 2.92. The number of aromatic nitrogens is 3. The lowest BCUT2D eigenvalue weighted by atomic mass is 9.89. The molecule has 6 nitrogen and oxygen atoms in total. The van der Waals surface area contributed by atoms with Crippen LogP contribution in [0.1, 0.15) is 32.5 Å². The van der Waals surface area contributed by atoms with Gasteiger partial charge in [0, 0.05) is 7.05 Å². The maximum absolute atomic E-state index is 10.6. The second-order valence-electron chi connectivity index (χ2n) is 4.99. The van der Waals surface area contributed by atoms with Crippen LogP contribution in [0.4, 0.5) is 0 Å². The third-order valence-corrected chi connectivity index (χ3v) is 4.61. The topological polar surface area (TPSA) is 77.2 Å². The van der Waals surface area contributed by atoms with Gasteiger partial charge in [-0.1, -0.05) is 18.7 Å². The maximum Gasteiger partial charge on any atom is 0.313 e. The van der Waals surface area contributed by atoms with Gasteiger partial charge < -0.3 is 9.84 Å². The zero-order chi connectivity index (χ0) is 14.2. The van der Waals surface area contributed by atoms with Gasteiger partial charge in [0.15, 0.2) is 11.0 Å². The first kappa shape index (κ1) is 14.3. The molecule has 1 aromatic rings. The van der Waals surface area contributed by atoms with Crippen LogP contribution < -0.4 is 0 Å². The van der Waals surface area contributed by atoms with Gasteiger partial charge in [0.25, 0.3) is 0 Å². The monoisotopic (exact) mass is 285 g/mol. The quantitative estimate of drug-likeness (QED) is 0.845. The third-order valence-electron chi connectivity index (χ3n) is 3.60. The van der Waals surface area contributed by atoms with E-state index in [9.17, 15) is 4.79 Å². The molecule has 0 aromatic carbocycles. The first-order valence-corrected chi connectivity index (χ1v) is 7.29. The number of aryl methyl sites for hydroxylation is 1. The Kier molecular flexibility index (Phi) is 4.15. The highest BCUT2D eigenvalue weighted by molar-refractivity contribution is 7.99. The zero-order valence-electron chi connectivity index (χ0n) is 11.5. The van der Waals surface area contributed by atoms with E-state index in [1.807, 2.05) is 6.92 Å². The van der Waals surface area contributed by atoms with E-state index in [1.54, 1.807) is 11.7 Å². The van der Waals surface area contributed by atoms with E-state index in [4.69, 9.17) is 9.84 Å². The summed E-state index contributed by atoms with van der Waals surface area (Å²) in [7, 11) is 1.79. The minimum atomic E-state index is -0.853. The maximum atomic E-state index is 10.6. The van der Waals surface area contributed by atoms with Crippen molar-refractivity contribution < 1.29 is 14.6 Å². The molecule has 2 heterocycles. The molecule has 4 unspecified atom stereocenters. The Morgan fingerprint density at radius 1 is 1.42 bits per heavy atom. The Labute approximate surface area is 116 Å². The van der Waals surface area contributed by atoms with Crippen LogP contribution in [0.25, 0.3) is 0 Å². The highest BCUT2D eigenvalue weighted by atomic mass is 32.2. The first-order chi connectivity index (χ1) is 8.90. The highest BCUT2D eigenvalue weighted by Crippen LogP contribution is 2.38. The molecule has 0 saturated carbocycles. The van der Waals surface area contributed by atoms with E-state index in [0.29, 0.717) is 11.1 Å². The van der Waals surface area contributed by atoms with Crippen LogP contribution in [0, 0.1) is 5.92 Å². The molecule has 0 spiro atoms. The first-order valence-electron chi connectivity index (χ1n) is 6.31. The number of carboxylic acids is 1. The van der Waals surface area contributed by atoms with Crippen molar-refractivity contribution in [1.82, 2.24) is 14.8 Å². The van der Waals surface area contributed by atoms with Gasteiger partial charge in [0.2, 0.25) is 0 Å². The number of thioether (sulfide) groups is 1. The van der Waals surface area contributed by atoms with Crippen LogP contribution in [-0.4, -0.2) is 43.8 Å². The van der Waals surface area contributed by atoms with Crippen LogP contribution in [0.15, 0.2) is 5.16 Å². The fraction of sp³-hybridized carbons (Fsp3) is 0.750. The summed E-state index contributed by atoms with van der Waals surface area (Å²) >= 11 is 1.19. The normalized spacial score (nSPS) is 30.7. The number of nitrogens with zero attached hydrogens (tertiary/aromatic N) is 3. The largest absolute Gasteiger partial charge is 0.481 e. The summed E-state index contributed by atoms with van der Waals surface area (Å²) in [6.07, 6.45) is 0.281. The van der Waals surface area contributed by atoms with Gasteiger partial charge in [-0.2, -0.15) is 5.10 Å². The van der Waals surface area contributed by atoms with Gasteiger partial charge in [-0.15, -0.1) is 0 Å². The van der Waals surface area contributed by atoms with Gasteiger partial charge in [0.05, 0.1) is 23.9 Å². The fourth-order valence-electron chi connectivity index (χ4n) is 2.49. The number of hydrogen-bond acceptors (Lipinski definition) is 5. The Hall–Kier alpha value is -1.08. The molecule has 1 aliphatic heterocycles.